The Morgan fingerprint density at radius 3 is 2.76 bits per heavy atom. The fourth-order valence-electron chi connectivity index (χ4n) is 2.72. The van der Waals surface area contributed by atoms with Crippen LogP contribution in [0, 0.1) is 0 Å². The van der Waals surface area contributed by atoms with Crippen LogP contribution >= 0.6 is 11.8 Å². The molecule has 2 amide bonds. The second-order valence-corrected chi connectivity index (χ2v) is 7.14. The molecular formula is C16H17NO3S. The van der Waals surface area contributed by atoms with Gasteiger partial charge in [-0.15, -0.1) is 0 Å². The second kappa shape index (κ2) is 4.71. The molecule has 110 valence electrons. The second-order valence-electron chi connectivity index (χ2n) is 6.13. The number of rotatable bonds is 1. The molecule has 0 aromatic heterocycles. The van der Waals surface area contributed by atoms with Crippen LogP contribution in [-0.4, -0.2) is 22.3 Å². The molecule has 3 rings (SSSR count). The van der Waals surface area contributed by atoms with E-state index in [9.17, 15) is 9.59 Å². The maximum Gasteiger partial charge on any atom is 0.290 e. The standard InChI is InChI=1S/C16H17NO3S/c1-15(2)6-5-11-8-10(4-7-16(11,3)20-15)9-12-13(18)17-14(19)21-12/h4-6,8-9H,7H2,1-3H3,(H,17,18,19)/b12-9-. The quantitative estimate of drug-likeness (QED) is 0.756. The van der Waals surface area contributed by atoms with Gasteiger partial charge in [0.15, 0.2) is 0 Å². The summed E-state index contributed by atoms with van der Waals surface area (Å²) in [4.78, 5) is 23.2. The summed E-state index contributed by atoms with van der Waals surface area (Å²) in [5.74, 6) is -0.325. The molecule has 5 heteroatoms. The Labute approximate surface area is 128 Å². The van der Waals surface area contributed by atoms with Crippen molar-refractivity contribution in [1.29, 1.82) is 0 Å². The number of carbonyl (C=O) groups is 2. The van der Waals surface area contributed by atoms with Crippen molar-refractivity contribution < 1.29 is 14.3 Å². The number of ether oxygens (including phenoxy) is 1. The van der Waals surface area contributed by atoms with Gasteiger partial charge in [0, 0.05) is 0 Å². The van der Waals surface area contributed by atoms with Gasteiger partial charge in [-0.25, -0.2) is 0 Å². The smallest absolute Gasteiger partial charge is 0.290 e. The largest absolute Gasteiger partial charge is 0.360 e. The normalized spacial score (nSPS) is 32.6. The van der Waals surface area contributed by atoms with Crippen LogP contribution in [0.2, 0.25) is 0 Å². The van der Waals surface area contributed by atoms with Crippen molar-refractivity contribution >= 4 is 22.9 Å². The van der Waals surface area contributed by atoms with Gasteiger partial charge >= 0.3 is 0 Å². The third-order valence-electron chi connectivity index (χ3n) is 3.75. The Kier molecular flexibility index (Phi) is 3.22. The number of carbonyl (C=O) groups excluding carboxylic acids is 2. The molecule has 1 N–H and O–H groups in total. The highest BCUT2D eigenvalue weighted by Crippen LogP contribution is 2.40. The van der Waals surface area contributed by atoms with Crippen LogP contribution in [0.5, 0.6) is 0 Å². The lowest BCUT2D eigenvalue weighted by Crippen LogP contribution is -2.43. The maximum atomic E-state index is 11.6. The molecule has 3 aliphatic rings. The van der Waals surface area contributed by atoms with E-state index in [0.717, 1.165) is 29.3 Å². The highest BCUT2D eigenvalue weighted by Gasteiger charge is 2.38. The Balaban J connectivity index is 1.89. The number of imide groups is 1. The lowest BCUT2D eigenvalue weighted by molar-refractivity contribution is -0.115. The van der Waals surface area contributed by atoms with Crippen molar-refractivity contribution in [2.45, 2.75) is 38.4 Å². The Morgan fingerprint density at radius 2 is 2.10 bits per heavy atom. The summed E-state index contributed by atoms with van der Waals surface area (Å²) in [6.45, 7) is 6.15. The first-order chi connectivity index (χ1) is 9.77. The Hall–Kier alpha value is -1.59. The number of hydrogen-bond acceptors (Lipinski definition) is 4. The molecule has 1 unspecified atom stereocenters. The summed E-state index contributed by atoms with van der Waals surface area (Å²) < 4.78 is 6.16. The first kappa shape index (κ1) is 14.4. The number of nitrogens with one attached hydrogen (secondary N) is 1. The molecule has 2 heterocycles. The van der Waals surface area contributed by atoms with Crippen molar-refractivity contribution in [2.24, 2.45) is 0 Å². The molecular weight excluding hydrogens is 286 g/mol. The zero-order chi connectivity index (χ0) is 15.3. The fraction of sp³-hybridized carbons (Fsp3) is 0.375. The third kappa shape index (κ3) is 2.76. The number of amides is 2. The predicted octanol–water partition coefficient (Wildman–Crippen LogP) is 3.23. The van der Waals surface area contributed by atoms with Crippen molar-refractivity contribution in [3.8, 4) is 0 Å². The molecule has 0 bridgehead atoms. The van der Waals surface area contributed by atoms with Crippen LogP contribution in [0.3, 0.4) is 0 Å². The SMILES string of the molecule is CC1(C)C=CC2=CC(/C=C3\SC(=O)NC3=O)=CCC2(C)O1. The molecule has 0 saturated carbocycles. The van der Waals surface area contributed by atoms with Gasteiger partial charge in [0.05, 0.1) is 16.1 Å². The average Bonchev–Trinajstić information content (AvgIpc) is 2.67. The van der Waals surface area contributed by atoms with Crippen molar-refractivity contribution in [2.75, 3.05) is 0 Å². The van der Waals surface area contributed by atoms with Crippen LogP contribution in [0.15, 0.2) is 46.4 Å². The van der Waals surface area contributed by atoms with Crippen molar-refractivity contribution in [3.05, 3.63) is 46.4 Å². The first-order valence-electron chi connectivity index (χ1n) is 6.84. The Morgan fingerprint density at radius 1 is 1.33 bits per heavy atom. The van der Waals surface area contributed by atoms with Gasteiger partial charge < -0.3 is 4.74 Å². The van der Waals surface area contributed by atoms with Crippen LogP contribution in [-0.2, 0) is 9.53 Å². The minimum absolute atomic E-state index is 0.274. The lowest BCUT2D eigenvalue weighted by atomic mass is 9.81. The van der Waals surface area contributed by atoms with Gasteiger partial charge in [0.2, 0.25) is 0 Å². The summed E-state index contributed by atoms with van der Waals surface area (Å²) in [5.41, 5.74) is 1.42. The van der Waals surface area contributed by atoms with E-state index < -0.39 is 0 Å². The van der Waals surface area contributed by atoms with Gasteiger partial charge in [-0.05, 0) is 62.3 Å². The summed E-state index contributed by atoms with van der Waals surface area (Å²) in [6, 6.07) is 0. The topological polar surface area (TPSA) is 55.4 Å². The van der Waals surface area contributed by atoms with Crippen LogP contribution in [0.1, 0.15) is 27.2 Å². The molecule has 1 saturated heterocycles. The summed E-state index contributed by atoms with van der Waals surface area (Å²) in [7, 11) is 0. The molecule has 2 aliphatic heterocycles. The first-order valence-corrected chi connectivity index (χ1v) is 7.66. The average molecular weight is 303 g/mol. The number of hydrogen-bond donors (Lipinski definition) is 1. The van der Waals surface area contributed by atoms with E-state index >= 15 is 0 Å². The highest BCUT2D eigenvalue weighted by atomic mass is 32.2. The monoisotopic (exact) mass is 303 g/mol. The van der Waals surface area contributed by atoms with Gasteiger partial charge in [0.1, 0.15) is 0 Å². The minimum atomic E-state index is -0.332. The Bertz CT molecular complexity index is 654. The molecule has 0 radical (unpaired) electrons. The number of fused-ring (bicyclic) bond motifs is 1. The van der Waals surface area contributed by atoms with Gasteiger partial charge in [-0.2, -0.15) is 0 Å². The van der Waals surface area contributed by atoms with Crippen molar-refractivity contribution in [1.82, 2.24) is 5.32 Å². The van der Waals surface area contributed by atoms with E-state index in [2.05, 4.69) is 18.3 Å². The molecule has 21 heavy (non-hydrogen) atoms. The van der Waals surface area contributed by atoms with E-state index in [4.69, 9.17) is 4.74 Å². The van der Waals surface area contributed by atoms with E-state index in [-0.39, 0.29) is 22.3 Å². The highest BCUT2D eigenvalue weighted by molar-refractivity contribution is 8.18. The lowest BCUT2D eigenvalue weighted by Gasteiger charge is -2.42. The van der Waals surface area contributed by atoms with Gasteiger partial charge in [-0.3, -0.25) is 14.9 Å². The van der Waals surface area contributed by atoms with Gasteiger partial charge in [-0.1, -0.05) is 18.2 Å². The zero-order valence-corrected chi connectivity index (χ0v) is 13.0. The summed E-state index contributed by atoms with van der Waals surface area (Å²) >= 11 is 0.938. The van der Waals surface area contributed by atoms with E-state index in [1.54, 1.807) is 6.08 Å². The summed E-state index contributed by atoms with van der Waals surface area (Å²) in [6.07, 6.45) is 10.7. The molecule has 1 aliphatic carbocycles. The number of thioether (sulfide) groups is 1. The summed E-state index contributed by atoms with van der Waals surface area (Å²) in [5, 5.41) is 1.94. The fourth-order valence-corrected chi connectivity index (χ4v) is 3.41. The number of allylic oxidation sites excluding steroid dienone is 3. The molecule has 0 aromatic rings. The van der Waals surface area contributed by atoms with Gasteiger partial charge in [0.25, 0.3) is 11.1 Å². The zero-order valence-electron chi connectivity index (χ0n) is 12.2. The van der Waals surface area contributed by atoms with Crippen molar-refractivity contribution in [3.63, 3.8) is 0 Å². The van der Waals surface area contributed by atoms with Crippen LogP contribution in [0.4, 0.5) is 4.79 Å². The minimum Gasteiger partial charge on any atom is -0.360 e. The maximum absolute atomic E-state index is 11.6. The van der Waals surface area contributed by atoms with Crippen LogP contribution < -0.4 is 5.32 Å². The molecule has 0 aromatic carbocycles. The van der Waals surface area contributed by atoms with E-state index in [0.29, 0.717) is 4.91 Å². The molecule has 0 spiro atoms. The van der Waals surface area contributed by atoms with E-state index in [1.807, 2.05) is 32.1 Å². The third-order valence-corrected chi connectivity index (χ3v) is 4.56. The molecule has 4 nitrogen and oxygen atoms in total. The molecule has 1 atom stereocenters. The molecule has 1 fully saturated rings. The predicted molar refractivity (Wildman–Crippen MR) is 82.7 cm³/mol. The van der Waals surface area contributed by atoms with E-state index in [1.165, 1.54) is 0 Å². The van der Waals surface area contributed by atoms with Crippen LogP contribution in [0.25, 0.3) is 0 Å².